The molecule has 0 spiro atoms. The van der Waals surface area contributed by atoms with E-state index in [1.165, 1.54) is 10.9 Å². The van der Waals surface area contributed by atoms with Crippen molar-refractivity contribution >= 4 is 29.5 Å². The Morgan fingerprint density at radius 3 is 2.76 bits per heavy atom. The van der Waals surface area contributed by atoms with E-state index in [9.17, 15) is 14.4 Å². The number of nitrogens with zero attached hydrogens (tertiary/aromatic N) is 5. The lowest BCUT2D eigenvalue weighted by molar-refractivity contribution is -0.132. The minimum atomic E-state index is -0.524. The number of fused-ring (bicyclic) bond motifs is 1. The van der Waals surface area contributed by atoms with Crippen LogP contribution in [0.1, 0.15) is 12.8 Å². The van der Waals surface area contributed by atoms with Crippen LogP contribution in [0, 0.1) is 0 Å². The van der Waals surface area contributed by atoms with E-state index in [-0.39, 0.29) is 30.9 Å². The van der Waals surface area contributed by atoms with Crippen LogP contribution in [0.15, 0.2) is 15.9 Å². The summed E-state index contributed by atoms with van der Waals surface area (Å²) in [6.45, 7) is 1.13. The summed E-state index contributed by atoms with van der Waals surface area (Å²) in [5.41, 5.74) is -0.363. The molecule has 1 aliphatic rings. The molecule has 0 aliphatic carbocycles. The molecule has 1 amide bonds. The first-order valence-corrected chi connectivity index (χ1v) is 8.00. The maximum Gasteiger partial charge on any atom is 0.332 e. The fourth-order valence-corrected chi connectivity index (χ4v) is 3.37. The predicted octanol–water partition coefficient (Wildman–Crippen LogP) is -0.934. The van der Waals surface area contributed by atoms with Crippen LogP contribution >= 0.6 is 12.4 Å². The minimum Gasteiger partial charge on any atom is -0.337 e. The standard InChI is InChI=1S/C15H22N6O3.ClH/c1-16-7-10-5-4-6-20(10)11(22)8-21-14(23)12-13(17-9-18(12)2)19(3)15(21)24;/h9-10,16H,4-8H2,1-3H3;1H. The van der Waals surface area contributed by atoms with E-state index in [0.717, 1.165) is 17.4 Å². The first kappa shape index (κ1) is 19.2. The van der Waals surface area contributed by atoms with Crippen LogP contribution in [0.5, 0.6) is 0 Å². The Bertz CT molecular complexity index is 899. The molecule has 1 saturated heterocycles. The second kappa shape index (κ2) is 7.40. The maximum absolute atomic E-state index is 12.6. The summed E-state index contributed by atoms with van der Waals surface area (Å²) in [6, 6.07) is 0.113. The normalized spacial score (nSPS) is 17.1. The maximum atomic E-state index is 12.6. The van der Waals surface area contributed by atoms with Gasteiger partial charge in [0, 0.05) is 33.2 Å². The molecule has 2 aromatic rings. The van der Waals surface area contributed by atoms with E-state index in [4.69, 9.17) is 0 Å². The van der Waals surface area contributed by atoms with Gasteiger partial charge in [-0.05, 0) is 19.9 Å². The third-order valence-electron chi connectivity index (χ3n) is 4.63. The lowest BCUT2D eigenvalue weighted by Crippen LogP contribution is -2.47. The summed E-state index contributed by atoms with van der Waals surface area (Å²) in [7, 11) is 5.09. The predicted molar refractivity (Wildman–Crippen MR) is 96.1 cm³/mol. The molecule has 138 valence electrons. The first-order chi connectivity index (χ1) is 11.5. The largest absolute Gasteiger partial charge is 0.337 e. The number of rotatable bonds is 4. The molecule has 0 bridgehead atoms. The van der Waals surface area contributed by atoms with E-state index in [2.05, 4.69) is 10.3 Å². The van der Waals surface area contributed by atoms with Crippen molar-refractivity contribution in [3.05, 3.63) is 27.2 Å². The average molecular weight is 371 g/mol. The Kier molecular flexibility index (Phi) is 5.69. The van der Waals surface area contributed by atoms with E-state index in [1.54, 1.807) is 23.6 Å². The summed E-state index contributed by atoms with van der Waals surface area (Å²) in [4.78, 5) is 43.6. The average Bonchev–Trinajstić information content (AvgIpc) is 3.16. The van der Waals surface area contributed by atoms with Gasteiger partial charge in [-0.15, -0.1) is 12.4 Å². The van der Waals surface area contributed by atoms with Crippen molar-refractivity contribution in [1.82, 2.24) is 28.9 Å². The summed E-state index contributed by atoms with van der Waals surface area (Å²) in [5, 5.41) is 3.08. The molecule has 2 aromatic heterocycles. The van der Waals surface area contributed by atoms with E-state index in [0.29, 0.717) is 24.3 Å². The number of nitrogens with one attached hydrogen (secondary N) is 1. The summed E-state index contributed by atoms with van der Waals surface area (Å²) in [6.07, 6.45) is 3.35. The van der Waals surface area contributed by atoms with Crippen molar-refractivity contribution < 1.29 is 4.79 Å². The van der Waals surface area contributed by atoms with Crippen LogP contribution in [0.4, 0.5) is 0 Å². The second-order valence-electron chi connectivity index (χ2n) is 6.20. The molecule has 9 nitrogen and oxygen atoms in total. The number of imidazole rings is 1. The van der Waals surface area contributed by atoms with Crippen LogP contribution in [0.2, 0.25) is 0 Å². The molecule has 0 saturated carbocycles. The summed E-state index contributed by atoms with van der Waals surface area (Å²) in [5.74, 6) is -0.200. The number of hydrogen-bond donors (Lipinski definition) is 1. The molecular formula is C15H23ClN6O3. The van der Waals surface area contributed by atoms with Crippen molar-refractivity contribution in [2.24, 2.45) is 14.1 Å². The highest BCUT2D eigenvalue weighted by Crippen LogP contribution is 2.16. The molecule has 10 heteroatoms. The third-order valence-corrected chi connectivity index (χ3v) is 4.63. The molecular weight excluding hydrogens is 348 g/mol. The van der Waals surface area contributed by atoms with E-state index >= 15 is 0 Å². The Hall–Kier alpha value is -2.13. The molecule has 1 fully saturated rings. The molecule has 3 heterocycles. The van der Waals surface area contributed by atoms with Gasteiger partial charge in [0.25, 0.3) is 5.56 Å². The van der Waals surface area contributed by atoms with Gasteiger partial charge < -0.3 is 14.8 Å². The zero-order chi connectivity index (χ0) is 17.4. The SMILES string of the molecule is CNCC1CCCN1C(=O)Cn1c(=O)c2c(ncn2C)n(C)c1=O.Cl. The van der Waals surface area contributed by atoms with Crippen LogP contribution in [-0.4, -0.2) is 55.7 Å². The van der Waals surface area contributed by atoms with Crippen molar-refractivity contribution in [2.75, 3.05) is 20.1 Å². The second-order valence-corrected chi connectivity index (χ2v) is 6.20. The number of amides is 1. The highest BCUT2D eigenvalue weighted by atomic mass is 35.5. The number of aromatic nitrogens is 4. The van der Waals surface area contributed by atoms with Crippen LogP contribution in [0.3, 0.4) is 0 Å². The number of hydrogen-bond acceptors (Lipinski definition) is 5. The Morgan fingerprint density at radius 2 is 2.08 bits per heavy atom. The monoisotopic (exact) mass is 370 g/mol. The van der Waals surface area contributed by atoms with Gasteiger partial charge in [0.15, 0.2) is 11.2 Å². The topological polar surface area (TPSA) is 94.2 Å². The van der Waals surface area contributed by atoms with Crippen LogP contribution < -0.4 is 16.6 Å². The molecule has 1 aliphatic heterocycles. The molecule has 25 heavy (non-hydrogen) atoms. The van der Waals surface area contributed by atoms with Gasteiger partial charge in [-0.2, -0.15) is 0 Å². The molecule has 0 radical (unpaired) electrons. The van der Waals surface area contributed by atoms with Crippen molar-refractivity contribution in [2.45, 2.75) is 25.4 Å². The van der Waals surface area contributed by atoms with Gasteiger partial charge in [0.2, 0.25) is 5.91 Å². The van der Waals surface area contributed by atoms with Crippen LogP contribution in [-0.2, 0) is 25.4 Å². The minimum absolute atomic E-state index is 0. The summed E-state index contributed by atoms with van der Waals surface area (Å²) >= 11 is 0. The van der Waals surface area contributed by atoms with Gasteiger partial charge in [-0.1, -0.05) is 0 Å². The lowest BCUT2D eigenvalue weighted by Gasteiger charge is -2.24. The van der Waals surface area contributed by atoms with Gasteiger partial charge in [0.05, 0.1) is 6.33 Å². The highest BCUT2D eigenvalue weighted by molar-refractivity contribution is 5.85. The smallest absolute Gasteiger partial charge is 0.332 e. The zero-order valence-corrected chi connectivity index (χ0v) is 15.4. The van der Waals surface area contributed by atoms with E-state index in [1.807, 2.05) is 7.05 Å². The Morgan fingerprint density at radius 1 is 1.36 bits per heavy atom. The van der Waals surface area contributed by atoms with Gasteiger partial charge in [-0.3, -0.25) is 14.2 Å². The molecule has 0 aromatic carbocycles. The van der Waals surface area contributed by atoms with Crippen LogP contribution in [0.25, 0.3) is 11.2 Å². The fourth-order valence-electron chi connectivity index (χ4n) is 3.37. The van der Waals surface area contributed by atoms with Crippen molar-refractivity contribution in [1.29, 1.82) is 0 Å². The number of halogens is 1. The lowest BCUT2D eigenvalue weighted by atomic mass is 10.2. The van der Waals surface area contributed by atoms with Gasteiger partial charge in [-0.25, -0.2) is 14.3 Å². The Labute approximate surface area is 150 Å². The highest BCUT2D eigenvalue weighted by Gasteiger charge is 2.29. The van der Waals surface area contributed by atoms with Crippen molar-refractivity contribution in [3.63, 3.8) is 0 Å². The van der Waals surface area contributed by atoms with Gasteiger partial charge >= 0.3 is 5.69 Å². The van der Waals surface area contributed by atoms with E-state index < -0.39 is 11.2 Å². The molecule has 1 atom stereocenters. The molecule has 1 N–H and O–H groups in total. The fraction of sp³-hybridized carbons (Fsp3) is 0.600. The number of carbonyl (C=O) groups excluding carboxylic acids is 1. The molecule has 1 unspecified atom stereocenters. The summed E-state index contributed by atoms with van der Waals surface area (Å²) < 4.78 is 3.87. The molecule has 3 rings (SSSR count). The van der Waals surface area contributed by atoms with Gasteiger partial charge in [0.1, 0.15) is 6.54 Å². The zero-order valence-electron chi connectivity index (χ0n) is 14.6. The number of carbonyl (C=O) groups is 1. The quantitative estimate of drug-likeness (QED) is 0.750. The van der Waals surface area contributed by atoms with Crippen molar-refractivity contribution in [3.8, 4) is 0 Å². The number of likely N-dealkylation sites (N-methyl/N-ethyl adjacent to an activating group) is 1. The first-order valence-electron chi connectivity index (χ1n) is 8.00. The Balaban J connectivity index is 0.00000225. The number of likely N-dealkylation sites (tertiary alicyclic amines) is 1. The third kappa shape index (κ3) is 3.21. The number of aryl methyl sites for hydroxylation is 2.